The van der Waals surface area contributed by atoms with Crippen LogP contribution < -0.4 is 23.7 Å². The minimum atomic E-state index is 0.0873. The normalized spacial score (nSPS) is 11.6. The third-order valence-electron chi connectivity index (χ3n) is 4.55. The van der Waals surface area contributed by atoms with E-state index in [-0.39, 0.29) is 5.75 Å². The monoisotopic (exact) mass is 455 g/mol. The fourth-order valence-corrected chi connectivity index (χ4v) is 3.82. The third kappa shape index (κ3) is 4.78. The summed E-state index contributed by atoms with van der Waals surface area (Å²) in [5.74, 6) is 2.25. The first-order valence-electron chi connectivity index (χ1n) is 9.59. The Hall–Kier alpha value is -3.72. The number of thiazole rings is 1. The predicted octanol–water partition coefficient (Wildman–Crippen LogP) is 3.93. The number of aromatic hydroxyl groups is 1. The van der Waals surface area contributed by atoms with E-state index in [9.17, 15) is 5.11 Å². The van der Waals surface area contributed by atoms with Crippen molar-refractivity contribution in [3.05, 3.63) is 58.7 Å². The van der Waals surface area contributed by atoms with Crippen LogP contribution >= 0.6 is 11.3 Å². The molecule has 3 rings (SSSR count). The van der Waals surface area contributed by atoms with Gasteiger partial charge in [-0.15, -0.1) is 17.9 Å². The molecule has 0 aliphatic rings. The highest BCUT2D eigenvalue weighted by atomic mass is 32.1. The van der Waals surface area contributed by atoms with Gasteiger partial charge in [-0.3, -0.25) is 4.99 Å². The Morgan fingerprint density at radius 1 is 1.03 bits per heavy atom. The molecule has 8 nitrogen and oxygen atoms in total. The second-order valence-electron chi connectivity index (χ2n) is 6.43. The molecule has 1 heterocycles. The minimum Gasteiger partial charge on any atom is -0.507 e. The standard InChI is InChI=1S/C23H25N3O5S/c1-6-9-24-23-26(25-13-16-10-17(28-2)7-8-19(16)27)18(14-32-23)15-11-20(29-3)22(31-5)21(12-15)30-4/h6-8,10-14,27H,1,9H2,2-5H3. The molecule has 0 unspecified atom stereocenters. The summed E-state index contributed by atoms with van der Waals surface area (Å²) in [6.45, 7) is 4.17. The molecule has 0 saturated heterocycles. The van der Waals surface area contributed by atoms with Gasteiger partial charge in [-0.25, -0.2) is 4.68 Å². The number of ether oxygens (including phenoxy) is 4. The van der Waals surface area contributed by atoms with E-state index in [0.717, 1.165) is 11.3 Å². The molecule has 0 aliphatic heterocycles. The van der Waals surface area contributed by atoms with Crippen LogP contribution in [0, 0.1) is 0 Å². The first kappa shape index (κ1) is 23.0. The van der Waals surface area contributed by atoms with Crippen molar-refractivity contribution in [2.24, 2.45) is 10.1 Å². The number of hydrogen-bond acceptors (Lipinski definition) is 8. The Labute approximate surface area is 190 Å². The topological polar surface area (TPSA) is 86.8 Å². The lowest BCUT2D eigenvalue weighted by Gasteiger charge is -2.14. The van der Waals surface area contributed by atoms with Crippen LogP contribution in [0.15, 0.2) is 58.5 Å². The Kier molecular flexibility index (Phi) is 7.56. The van der Waals surface area contributed by atoms with Gasteiger partial charge in [-0.1, -0.05) is 6.08 Å². The van der Waals surface area contributed by atoms with Crippen LogP contribution in [0.2, 0.25) is 0 Å². The molecular formula is C23H25N3O5S. The number of aromatic nitrogens is 1. The molecule has 32 heavy (non-hydrogen) atoms. The molecule has 0 fully saturated rings. The highest BCUT2D eigenvalue weighted by molar-refractivity contribution is 7.07. The first-order chi connectivity index (χ1) is 15.6. The maximum atomic E-state index is 10.2. The number of rotatable bonds is 9. The van der Waals surface area contributed by atoms with Gasteiger partial charge in [0.05, 0.1) is 46.9 Å². The Bertz CT molecular complexity index is 1170. The molecule has 0 spiro atoms. The lowest BCUT2D eigenvalue weighted by Crippen LogP contribution is -2.12. The first-order valence-corrected chi connectivity index (χ1v) is 10.5. The fourth-order valence-electron chi connectivity index (χ4n) is 2.97. The highest BCUT2D eigenvalue weighted by Gasteiger charge is 2.17. The van der Waals surface area contributed by atoms with E-state index in [0.29, 0.717) is 39.9 Å². The molecule has 2 aromatic carbocycles. The molecule has 1 N–H and O–H groups in total. The molecule has 168 valence electrons. The zero-order chi connectivity index (χ0) is 23.1. The summed E-state index contributed by atoms with van der Waals surface area (Å²) in [5.41, 5.74) is 2.06. The SMILES string of the molecule is C=CCN=c1scc(-c2cc(OC)c(OC)c(OC)c2)n1N=Cc1cc(OC)ccc1O. The fraction of sp³-hybridized carbons (Fsp3) is 0.217. The van der Waals surface area contributed by atoms with Crippen molar-refractivity contribution in [1.29, 1.82) is 0 Å². The highest BCUT2D eigenvalue weighted by Crippen LogP contribution is 2.41. The van der Waals surface area contributed by atoms with Crippen LogP contribution in [0.1, 0.15) is 5.56 Å². The van der Waals surface area contributed by atoms with Gasteiger partial charge in [0.25, 0.3) is 0 Å². The van der Waals surface area contributed by atoms with E-state index in [2.05, 4.69) is 16.7 Å². The van der Waals surface area contributed by atoms with Crippen LogP contribution in [0.25, 0.3) is 11.3 Å². The van der Waals surface area contributed by atoms with Gasteiger partial charge in [0.2, 0.25) is 10.6 Å². The average molecular weight is 456 g/mol. The third-order valence-corrected chi connectivity index (χ3v) is 5.40. The number of phenolic OH excluding ortho intramolecular Hbond substituents is 1. The van der Waals surface area contributed by atoms with Crippen molar-refractivity contribution < 1.29 is 24.1 Å². The van der Waals surface area contributed by atoms with E-state index >= 15 is 0 Å². The molecule has 3 aromatic rings. The van der Waals surface area contributed by atoms with Gasteiger partial charge >= 0.3 is 0 Å². The number of benzene rings is 2. The lowest BCUT2D eigenvalue weighted by molar-refractivity contribution is 0.324. The zero-order valence-corrected chi connectivity index (χ0v) is 19.2. The van der Waals surface area contributed by atoms with E-state index in [4.69, 9.17) is 18.9 Å². The molecule has 0 amide bonds. The summed E-state index contributed by atoms with van der Waals surface area (Å²) in [6, 6.07) is 8.62. The van der Waals surface area contributed by atoms with Crippen LogP contribution in [-0.2, 0) is 0 Å². The minimum absolute atomic E-state index is 0.0873. The van der Waals surface area contributed by atoms with Gasteiger partial charge in [-0.05, 0) is 30.3 Å². The quantitative estimate of drug-likeness (QED) is 0.390. The van der Waals surface area contributed by atoms with Crippen LogP contribution in [0.3, 0.4) is 0 Å². The van der Waals surface area contributed by atoms with Gasteiger partial charge in [-0.2, -0.15) is 5.10 Å². The Morgan fingerprint density at radius 3 is 2.34 bits per heavy atom. The maximum absolute atomic E-state index is 10.2. The van der Waals surface area contributed by atoms with Crippen molar-refractivity contribution in [2.75, 3.05) is 35.0 Å². The number of methoxy groups -OCH3 is 4. The van der Waals surface area contributed by atoms with Gasteiger partial charge < -0.3 is 24.1 Å². The smallest absolute Gasteiger partial charge is 0.206 e. The summed E-state index contributed by atoms with van der Waals surface area (Å²) in [5, 5.41) is 16.8. The molecule has 0 atom stereocenters. The molecule has 0 radical (unpaired) electrons. The van der Waals surface area contributed by atoms with E-state index in [1.54, 1.807) is 63.6 Å². The van der Waals surface area contributed by atoms with Crippen molar-refractivity contribution in [3.8, 4) is 40.0 Å². The van der Waals surface area contributed by atoms with Crippen molar-refractivity contribution in [2.45, 2.75) is 0 Å². The number of nitrogens with zero attached hydrogens (tertiary/aromatic N) is 3. The molecular weight excluding hydrogens is 430 g/mol. The molecule has 9 heteroatoms. The number of hydrogen-bond donors (Lipinski definition) is 1. The van der Waals surface area contributed by atoms with E-state index in [1.165, 1.54) is 11.3 Å². The second-order valence-corrected chi connectivity index (χ2v) is 7.26. The predicted molar refractivity (Wildman–Crippen MR) is 126 cm³/mol. The Balaban J connectivity index is 2.18. The van der Waals surface area contributed by atoms with Crippen molar-refractivity contribution in [1.82, 2.24) is 4.68 Å². The second kappa shape index (κ2) is 10.5. The van der Waals surface area contributed by atoms with E-state index < -0.39 is 0 Å². The molecule has 0 aliphatic carbocycles. The van der Waals surface area contributed by atoms with E-state index in [1.807, 2.05) is 17.5 Å². The van der Waals surface area contributed by atoms with Crippen LogP contribution in [0.4, 0.5) is 0 Å². The van der Waals surface area contributed by atoms with Crippen molar-refractivity contribution >= 4 is 17.6 Å². The lowest BCUT2D eigenvalue weighted by atomic mass is 10.1. The van der Waals surface area contributed by atoms with Crippen molar-refractivity contribution in [3.63, 3.8) is 0 Å². The summed E-state index contributed by atoms with van der Waals surface area (Å²) in [6.07, 6.45) is 3.26. The number of phenols is 1. The average Bonchev–Trinajstić information content (AvgIpc) is 3.23. The zero-order valence-electron chi connectivity index (χ0n) is 18.4. The maximum Gasteiger partial charge on any atom is 0.206 e. The largest absolute Gasteiger partial charge is 0.507 e. The van der Waals surface area contributed by atoms with Crippen LogP contribution in [-0.4, -0.2) is 51.0 Å². The summed E-state index contributed by atoms with van der Waals surface area (Å²) in [4.78, 5) is 5.19. The summed E-state index contributed by atoms with van der Waals surface area (Å²) >= 11 is 1.43. The van der Waals surface area contributed by atoms with Gasteiger partial charge in [0.1, 0.15) is 11.5 Å². The van der Waals surface area contributed by atoms with Crippen LogP contribution in [0.5, 0.6) is 28.7 Å². The summed E-state index contributed by atoms with van der Waals surface area (Å²) in [7, 11) is 6.26. The molecule has 1 aromatic heterocycles. The van der Waals surface area contributed by atoms with Gasteiger partial charge in [0, 0.05) is 16.5 Å². The van der Waals surface area contributed by atoms with Gasteiger partial charge in [0.15, 0.2) is 11.5 Å². The Morgan fingerprint density at radius 2 is 1.75 bits per heavy atom. The molecule has 0 saturated carbocycles. The molecule has 0 bridgehead atoms. The summed E-state index contributed by atoms with van der Waals surface area (Å²) < 4.78 is 23.3.